The monoisotopic (exact) mass is 582 g/mol. The van der Waals surface area contributed by atoms with Crippen molar-refractivity contribution < 1.29 is 31.8 Å². The fraction of sp³-hybridized carbons (Fsp3) is 0.379. The molecule has 218 valence electrons. The van der Waals surface area contributed by atoms with Crippen LogP contribution in [0.3, 0.4) is 0 Å². The Balaban J connectivity index is 1.32. The van der Waals surface area contributed by atoms with E-state index in [4.69, 9.17) is 14.5 Å². The zero-order valence-electron chi connectivity index (χ0n) is 22.4. The third-order valence-electron chi connectivity index (χ3n) is 8.06. The zero-order valence-corrected chi connectivity index (χ0v) is 22.4. The molecule has 0 atom stereocenters. The molecule has 0 aliphatic carbocycles. The van der Waals surface area contributed by atoms with Crippen LogP contribution in [-0.4, -0.2) is 62.7 Å². The van der Waals surface area contributed by atoms with Gasteiger partial charge in [0.25, 0.3) is 5.91 Å². The predicted octanol–water partition coefficient (Wildman–Crippen LogP) is 4.89. The summed E-state index contributed by atoms with van der Waals surface area (Å²) in [6, 6.07) is 6.66. The molecular weight excluding hydrogens is 556 g/mol. The van der Waals surface area contributed by atoms with E-state index in [2.05, 4.69) is 15.3 Å². The average Bonchev–Trinajstić information content (AvgIpc) is 3.63. The first-order valence-electron chi connectivity index (χ1n) is 13.7. The summed E-state index contributed by atoms with van der Waals surface area (Å²) in [6.07, 6.45) is 0.366. The summed E-state index contributed by atoms with van der Waals surface area (Å²) in [7, 11) is 0. The number of carbonyl (C=O) groups excluding carboxylic acids is 1. The fourth-order valence-corrected chi connectivity index (χ4v) is 6.02. The molecule has 4 aromatic rings. The summed E-state index contributed by atoms with van der Waals surface area (Å²) < 4.78 is 68.2. The van der Waals surface area contributed by atoms with Crippen LogP contribution in [-0.2, 0) is 24.2 Å². The van der Waals surface area contributed by atoms with E-state index in [9.17, 15) is 22.4 Å². The maximum Gasteiger partial charge on any atom is 0.406 e. The Hall–Kier alpha value is -4.26. The highest BCUT2D eigenvalue weighted by Gasteiger charge is 2.37. The molecule has 9 nitrogen and oxygen atoms in total. The maximum absolute atomic E-state index is 14.8. The van der Waals surface area contributed by atoms with Crippen molar-refractivity contribution in [3.63, 3.8) is 0 Å². The van der Waals surface area contributed by atoms with Crippen LogP contribution in [0.5, 0.6) is 5.75 Å². The van der Waals surface area contributed by atoms with Crippen LogP contribution in [0.1, 0.15) is 51.8 Å². The lowest BCUT2D eigenvalue weighted by atomic mass is 9.93. The van der Waals surface area contributed by atoms with Gasteiger partial charge in [0.15, 0.2) is 5.69 Å². The summed E-state index contributed by atoms with van der Waals surface area (Å²) in [5, 5.41) is 3.12. The molecule has 1 N–H and O–H groups in total. The molecule has 0 radical (unpaired) electrons. The van der Waals surface area contributed by atoms with Crippen LogP contribution in [0.25, 0.3) is 16.6 Å². The predicted molar refractivity (Wildman–Crippen MR) is 143 cm³/mol. The van der Waals surface area contributed by atoms with Crippen molar-refractivity contribution in [2.45, 2.75) is 44.4 Å². The Labute approximate surface area is 237 Å². The normalized spacial score (nSPS) is 17.0. The molecule has 3 aromatic heterocycles. The molecule has 0 bridgehead atoms. The Morgan fingerprint density at radius 1 is 1.05 bits per heavy atom. The van der Waals surface area contributed by atoms with Crippen molar-refractivity contribution in [1.29, 1.82) is 0 Å². The SMILES string of the molecule is O=C1c2ncn3c(NCc4c(F)ccc5c4CCO5)ncc(c23)-c2ccc(C3CCOCC3)nc2CN1CC(F)(F)F. The number of imidazole rings is 1. The second kappa shape index (κ2) is 10.2. The van der Waals surface area contributed by atoms with Gasteiger partial charge in [-0.05, 0) is 31.0 Å². The van der Waals surface area contributed by atoms with Crippen LogP contribution in [0.15, 0.2) is 36.8 Å². The van der Waals surface area contributed by atoms with Crippen molar-refractivity contribution in [2.24, 2.45) is 0 Å². The molecule has 13 heteroatoms. The number of fused-ring (bicyclic) bond motifs is 3. The fourth-order valence-electron chi connectivity index (χ4n) is 6.02. The van der Waals surface area contributed by atoms with E-state index < -0.39 is 24.4 Å². The lowest BCUT2D eigenvalue weighted by molar-refractivity contribution is -0.141. The number of hydrogen-bond acceptors (Lipinski definition) is 7. The largest absolute Gasteiger partial charge is 0.493 e. The molecule has 0 unspecified atom stereocenters. The first-order valence-corrected chi connectivity index (χ1v) is 13.7. The highest BCUT2D eigenvalue weighted by Crippen LogP contribution is 2.37. The van der Waals surface area contributed by atoms with Crippen LogP contribution < -0.4 is 10.1 Å². The number of benzene rings is 1. The van der Waals surface area contributed by atoms with Crippen molar-refractivity contribution in [1.82, 2.24) is 24.3 Å². The number of ether oxygens (including phenoxy) is 2. The second-order valence-electron chi connectivity index (χ2n) is 10.7. The first kappa shape index (κ1) is 26.6. The number of nitrogens with zero attached hydrogens (tertiary/aromatic N) is 5. The molecule has 3 aliphatic heterocycles. The van der Waals surface area contributed by atoms with Crippen molar-refractivity contribution in [3.05, 3.63) is 70.8 Å². The molecule has 1 saturated heterocycles. The van der Waals surface area contributed by atoms with E-state index in [1.807, 2.05) is 12.1 Å². The number of aromatic nitrogens is 4. The molecule has 1 aromatic carbocycles. The Bertz CT molecular complexity index is 1700. The minimum atomic E-state index is -4.62. The third-order valence-corrected chi connectivity index (χ3v) is 8.06. The van der Waals surface area contributed by atoms with Crippen molar-refractivity contribution >= 4 is 17.4 Å². The summed E-state index contributed by atoms with van der Waals surface area (Å²) in [5.74, 6) is -0.248. The van der Waals surface area contributed by atoms with Gasteiger partial charge in [-0.25, -0.2) is 14.4 Å². The number of anilines is 1. The highest BCUT2D eigenvalue weighted by molar-refractivity contribution is 6.04. The lowest BCUT2D eigenvalue weighted by Crippen LogP contribution is -2.39. The van der Waals surface area contributed by atoms with E-state index in [0.717, 1.165) is 29.0 Å². The van der Waals surface area contributed by atoms with E-state index >= 15 is 0 Å². The number of hydrogen-bond donors (Lipinski definition) is 1. The first-order chi connectivity index (χ1) is 20.3. The van der Waals surface area contributed by atoms with Gasteiger partial charge in [0.05, 0.1) is 24.4 Å². The summed E-state index contributed by atoms with van der Waals surface area (Å²) in [5.41, 5.74) is 3.59. The van der Waals surface area contributed by atoms with Crippen LogP contribution >= 0.6 is 0 Å². The number of nitrogens with one attached hydrogen (secondary N) is 1. The van der Waals surface area contributed by atoms with E-state index in [-0.39, 0.29) is 30.6 Å². The summed E-state index contributed by atoms with van der Waals surface area (Å²) in [4.78, 5) is 27.9. The quantitative estimate of drug-likeness (QED) is 0.335. The van der Waals surface area contributed by atoms with Gasteiger partial charge in [-0.3, -0.25) is 14.2 Å². The van der Waals surface area contributed by atoms with Crippen LogP contribution in [0.2, 0.25) is 0 Å². The molecule has 1 amide bonds. The molecule has 0 saturated carbocycles. The highest BCUT2D eigenvalue weighted by atomic mass is 19.4. The van der Waals surface area contributed by atoms with Gasteiger partial charge in [-0.15, -0.1) is 0 Å². The minimum absolute atomic E-state index is 0.0775. The molecule has 42 heavy (non-hydrogen) atoms. The standard InChI is InChI=1S/C29H26F4N6O3/c30-21-2-4-24-18(7-10-42-24)19(21)11-34-28-35-12-20-17-1-3-22(16-5-8-41-9-6-16)37-23(17)13-38(14-29(31,32)33)27(40)25-26(20)39(28)15-36-25/h1-4,12,15-16H,5-11,13-14H2,(H,34,35). The molecule has 7 rings (SSSR count). The number of alkyl halides is 3. The Morgan fingerprint density at radius 2 is 1.88 bits per heavy atom. The molecule has 1 fully saturated rings. The average molecular weight is 583 g/mol. The van der Waals surface area contributed by atoms with Gasteiger partial charge in [-0.2, -0.15) is 13.2 Å². The van der Waals surface area contributed by atoms with Crippen LogP contribution in [0, 0.1) is 5.82 Å². The number of pyridine rings is 1. The maximum atomic E-state index is 14.8. The molecule has 6 heterocycles. The van der Waals surface area contributed by atoms with Gasteiger partial charge in [0.2, 0.25) is 5.95 Å². The summed E-state index contributed by atoms with van der Waals surface area (Å²) in [6.45, 7) is -0.0582. The van der Waals surface area contributed by atoms with Crippen LogP contribution in [0.4, 0.5) is 23.5 Å². The Morgan fingerprint density at radius 3 is 2.69 bits per heavy atom. The van der Waals surface area contributed by atoms with E-state index in [1.165, 1.54) is 16.8 Å². The zero-order chi connectivity index (χ0) is 29.0. The summed E-state index contributed by atoms with van der Waals surface area (Å²) >= 11 is 0. The van der Waals surface area contributed by atoms with Gasteiger partial charge >= 0.3 is 6.18 Å². The minimum Gasteiger partial charge on any atom is -0.493 e. The number of carbonyl (C=O) groups is 1. The number of halogens is 4. The molecule has 3 aliphatic rings. The third kappa shape index (κ3) is 4.71. The lowest BCUT2D eigenvalue weighted by Gasteiger charge is -2.28. The van der Waals surface area contributed by atoms with Gasteiger partial charge in [-0.1, -0.05) is 6.07 Å². The molecular formula is C29H26F4N6O3. The van der Waals surface area contributed by atoms with Gasteiger partial charge < -0.3 is 19.7 Å². The molecule has 0 spiro atoms. The van der Waals surface area contributed by atoms with E-state index in [0.29, 0.717) is 59.9 Å². The van der Waals surface area contributed by atoms with Crippen molar-refractivity contribution in [2.75, 3.05) is 31.7 Å². The van der Waals surface area contributed by atoms with E-state index in [1.54, 1.807) is 12.3 Å². The number of amides is 1. The Kier molecular flexibility index (Phi) is 6.48. The topological polar surface area (TPSA) is 93.9 Å². The number of rotatable bonds is 5. The smallest absolute Gasteiger partial charge is 0.406 e. The second-order valence-corrected chi connectivity index (χ2v) is 10.7. The van der Waals surface area contributed by atoms with Crippen molar-refractivity contribution in [3.8, 4) is 16.9 Å². The van der Waals surface area contributed by atoms with Gasteiger partial charge in [0.1, 0.15) is 24.4 Å². The van der Waals surface area contributed by atoms with Gasteiger partial charge in [0, 0.05) is 66.2 Å².